The molecule has 1 aliphatic rings. The van der Waals surface area contributed by atoms with Gasteiger partial charge in [0.2, 0.25) is 0 Å². The summed E-state index contributed by atoms with van der Waals surface area (Å²) >= 11 is 1.83. The second-order valence-corrected chi connectivity index (χ2v) is 5.01. The molecule has 0 aromatic heterocycles. The molecule has 94 valence electrons. The second kappa shape index (κ2) is 6.89. The summed E-state index contributed by atoms with van der Waals surface area (Å²) in [6.45, 7) is 5.48. The summed E-state index contributed by atoms with van der Waals surface area (Å²) in [7, 11) is 0. The fourth-order valence-corrected chi connectivity index (χ4v) is 2.64. The van der Waals surface area contributed by atoms with Crippen molar-refractivity contribution >= 4 is 11.8 Å². The van der Waals surface area contributed by atoms with Crippen LogP contribution < -0.4 is 10.1 Å². The number of ether oxygens (including phenoxy) is 2. The molecule has 1 aliphatic heterocycles. The zero-order valence-electron chi connectivity index (χ0n) is 10.1. The Labute approximate surface area is 107 Å². The minimum Gasteiger partial charge on any atom is -0.494 e. The molecule has 2 rings (SSSR count). The lowest BCUT2D eigenvalue weighted by Gasteiger charge is -2.23. The van der Waals surface area contributed by atoms with E-state index in [0.29, 0.717) is 12.7 Å². The van der Waals surface area contributed by atoms with Gasteiger partial charge in [0, 0.05) is 23.7 Å². The average Bonchev–Trinajstić information content (AvgIpc) is 2.40. The van der Waals surface area contributed by atoms with Crippen LogP contribution in [0.4, 0.5) is 0 Å². The van der Waals surface area contributed by atoms with E-state index in [9.17, 15) is 0 Å². The Balaban J connectivity index is 1.77. The predicted molar refractivity (Wildman–Crippen MR) is 70.9 cm³/mol. The van der Waals surface area contributed by atoms with Crippen molar-refractivity contribution in [2.75, 3.05) is 32.1 Å². The summed E-state index contributed by atoms with van der Waals surface area (Å²) in [5.74, 6) is 1.94. The molecule has 17 heavy (non-hydrogen) atoms. The minimum absolute atomic E-state index is 0.334. The highest BCUT2D eigenvalue weighted by molar-refractivity contribution is 7.99. The van der Waals surface area contributed by atoms with Crippen LogP contribution in [-0.4, -0.2) is 38.2 Å². The normalized spacial score (nSPS) is 20.2. The van der Waals surface area contributed by atoms with Crippen molar-refractivity contribution in [2.24, 2.45) is 0 Å². The Bertz CT molecular complexity index is 323. The fraction of sp³-hybridized carbons (Fsp3) is 0.538. The van der Waals surface area contributed by atoms with Crippen LogP contribution in [0.1, 0.15) is 6.92 Å². The monoisotopic (exact) mass is 253 g/mol. The molecule has 4 heteroatoms. The van der Waals surface area contributed by atoms with Crippen LogP contribution in [-0.2, 0) is 4.74 Å². The molecule has 1 saturated heterocycles. The van der Waals surface area contributed by atoms with Gasteiger partial charge in [-0.25, -0.2) is 0 Å². The number of nitrogens with one attached hydrogen (secondary N) is 1. The van der Waals surface area contributed by atoms with E-state index in [2.05, 4.69) is 17.4 Å². The average molecular weight is 253 g/mol. The number of hydrogen-bond donors (Lipinski definition) is 1. The molecule has 1 atom stereocenters. The van der Waals surface area contributed by atoms with E-state index in [4.69, 9.17) is 9.47 Å². The van der Waals surface area contributed by atoms with E-state index in [1.807, 2.05) is 30.8 Å². The maximum absolute atomic E-state index is 5.65. The van der Waals surface area contributed by atoms with E-state index in [-0.39, 0.29) is 0 Å². The van der Waals surface area contributed by atoms with Crippen LogP contribution in [0.25, 0.3) is 0 Å². The molecule has 0 radical (unpaired) electrons. The number of morpholine rings is 1. The smallest absolute Gasteiger partial charge is 0.119 e. The van der Waals surface area contributed by atoms with Gasteiger partial charge in [-0.15, -0.1) is 11.8 Å². The maximum Gasteiger partial charge on any atom is 0.119 e. The highest BCUT2D eigenvalue weighted by Crippen LogP contribution is 2.22. The molecule has 0 bridgehead atoms. The third kappa shape index (κ3) is 4.22. The lowest BCUT2D eigenvalue weighted by Crippen LogP contribution is -2.39. The van der Waals surface area contributed by atoms with Gasteiger partial charge in [-0.05, 0) is 31.2 Å². The lowest BCUT2D eigenvalue weighted by molar-refractivity contribution is 0.0441. The molecule has 1 aromatic carbocycles. The van der Waals surface area contributed by atoms with Gasteiger partial charge in [0.25, 0.3) is 0 Å². The largest absolute Gasteiger partial charge is 0.494 e. The molecule has 1 aromatic rings. The quantitative estimate of drug-likeness (QED) is 0.815. The van der Waals surface area contributed by atoms with Crippen molar-refractivity contribution in [3.05, 3.63) is 24.3 Å². The van der Waals surface area contributed by atoms with Crippen LogP contribution in [0.2, 0.25) is 0 Å². The van der Waals surface area contributed by atoms with Gasteiger partial charge in [0.15, 0.2) is 0 Å². The van der Waals surface area contributed by atoms with Crippen LogP contribution in [0.5, 0.6) is 5.75 Å². The number of rotatable bonds is 5. The predicted octanol–water partition coefficient (Wildman–Crippen LogP) is 2.17. The third-order valence-electron chi connectivity index (χ3n) is 2.58. The molecule has 0 saturated carbocycles. The molecular weight excluding hydrogens is 234 g/mol. The first-order chi connectivity index (χ1) is 8.38. The molecule has 0 amide bonds. The lowest BCUT2D eigenvalue weighted by atomic mass is 10.3. The molecule has 1 unspecified atom stereocenters. The summed E-state index contributed by atoms with van der Waals surface area (Å²) in [4.78, 5) is 1.27. The Morgan fingerprint density at radius 2 is 2.24 bits per heavy atom. The van der Waals surface area contributed by atoms with Gasteiger partial charge in [-0.3, -0.25) is 0 Å². The second-order valence-electron chi connectivity index (χ2n) is 3.91. The Morgan fingerprint density at radius 1 is 1.41 bits per heavy atom. The van der Waals surface area contributed by atoms with E-state index >= 15 is 0 Å². The number of benzene rings is 1. The fourth-order valence-electron chi connectivity index (χ4n) is 1.71. The molecule has 1 N–H and O–H groups in total. The maximum atomic E-state index is 5.65. The van der Waals surface area contributed by atoms with Crippen LogP contribution in [0.3, 0.4) is 0 Å². The topological polar surface area (TPSA) is 30.5 Å². The number of thioether (sulfide) groups is 1. The van der Waals surface area contributed by atoms with Gasteiger partial charge in [-0.2, -0.15) is 0 Å². The molecule has 1 fully saturated rings. The van der Waals surface area contributed by atoms with Crippen molar-refractivity contribution in [1.82, 2.24) is 5.32 Å². The first kappa shape index (κ1) is 12.7. The zero-order chi connectivity index (χ0) is 11.9. The standard InChI is InChI=1S/C13H19NO2S/c1-2-15-11-3-5-13(6-4-11)17-10-12-9-14-7-8-16-12/h3-6,12,14H,2,7-10H2,1H3. The van der Waals surface area contributed by atoms with Gasteiger partial charge in [0.1, 0.15) is 5.75 Å². The van der Waals surface area contributed by atoms with E-state index in [1.165, 1.54) is 4.90 Å². The summed E-state index contributed by atoms with van der Waals surface area (Å²) in [6.07, 6.45) is 0.334. The van der Waals surface area contributed by atoms with Crippen molar-refractivity contribution < 1.29 is 9.47 Å². The van der Waals surface area contributed by atoms with Crippen LogP contribution >= 0.6 is 11.8 Å². The van der Waals surface area contributed by atoms with Crippen LogP contribution in [0.15, 0.2) is 29.2 Å². The molecule has 1 heterocycles. The van der Waals surface area contributed by atoms with Gasteiger partial charge in [0.05, 0.1) is 19.3 Å². The van der Waals surface area contributed by atoms with E-state index in [0.717, 1.165) is 31.2 Å². The third-order valence-corrected chi connectivity index (χ3v) is 3.72. The Morgan fingerprint density at radius 3 is 2.88 bits per heavy atom. The molecule has 3 nitrogen and oxygen atoms in total. The first-order valence-electron chi connectivity index (χ1n) is 6.06. The summed E-state index contributed by atoms with van der Waals surface area (Å²) < 4.78 is 11.1. The van der Waals surface area contributed by atoms with E-state index < -0.39 is 0 Å². The van der Waals surface area contributed by atoms with Crippen molar-refractivity contribution in [2.45, 2.75) is 17.9 Å². The van der Waals surface area contributed by atoms with Crippen molar-refractivity contribution in [1.29, 1.82) is 0 Å². The van der Waals surface area contributed by atoms with Crippen LogP contribution in [0, 0.1) is 0 Å². The van der Waals surface area contributed by atoms with Crippen molar-refractivity contribution in [3.63, 3.8) is 0 Å². The van der Waals surface area contributed by atoms with Gasteiger partial charge in [-0.1, -0.05) is 0 Å². The first-order valence-corrected chi connectivity index (χ1v) is 7.05. The SMILES string of the molecule is CCOc1ccc(SCC2CNCCO2)cc1. The van der Waals surface area contributed by atoms with Gasteiger partial charge < -0.3 is 14.8 Å². The Kier molecular flexibility index (Phi) is 5.16. The minimum atomic E-state index is 0.334. The summed E-state index contributed by atoms with van der Waals surface area (Å²) in [5, 5.41) is 3.34. The summed E-state index contributed by atoms with van der Waals surface area (Å²) in [5.41, 5.74) is 0. The summed E-state index contributed by atoms with van der Waals surface area (Å²) in [6, 6.07) is 8.25. The van der Waals surface area contributed by atoms with E-state index in [1.54, 1.807) is 0 Å². The van der Waals surface area contributed by atoms with Gasteiger partial charge >= 0.3 is 0 Å². The Hall–Kier alpha value is -0.710. The van der Waals surface area contributed by atoms with Crippen molar-refractivity contribution in [3.8, 4) is 5.75 Å². The zero-order valence-corrected chi connectivity index (χ0v) is 11.0. The number of hydrogen-bond acceptors (Lipinski definition) is 4. The highest BCUT2D eigenvalue weighted by Gasteiger charge is 2.13. The highest BCUT2D eigenvalue weighted by atomic mass is 32.2. The molecule has 0 aliphatic carbocycles. The molecule has 0 spiro atoms. The molecular formula is C13H19NO2S.